The summed E-state index contributed by atoms with van der Waals surface area (Å²) < 4.78 is 0. The molecule has 0 radical (unpaired) electrons. The van der Waals surface area contributed by atoms with E-state index in [0.29, 0.717) is 17.8 Å². The molecule has 0 aliphatic heterocycles. The van der Waals surface area contributed by atoms with Gasteiger partial charge in [-0.15, -0.1) is 0 Å². The Balaban J connectivity index is 2.64. The maximum Gasteiger partial charge on any atom is 0.120 e. The predicted molar refractivity (Wildman–Crippen MR) is 73.4 cm³/mol. The molecule has 3 atom stereocenters. The van der Waals surface area contributed by atoms with Gasteiger partial charge in [0.2, 0.25) is 0 Å². The molecule has 1 aliphatic rings. The minimum Gasteiger partial charge on any atom is -0.303 e. The number of allylic oxidation sites excluding steroid dienone is 1. The maximum absolute atomic E-state index is 10.7. The van der Waals surface area contributed by atoms with Crippen LogP contribution in [0, 0.1) is 17.8 Å². The molecule has 0 spiro atoms. The zero-order valence-electron chi connectivity index (χ0n) is 11.3. The molecule has 2 heteroatoms. The van der Waals surface area contributed by atoms with Crippen molar-refractivity contribution in [3.8, 4) is 0 Å². The van der Waals surface area contributed by atoms with Crippen LogP contribution in [-0.2, 0) is 4.79 Å². The fourth-order valence-corrected chi connectivity index (χ4v) is 4.72. The van der Waals surface area contributed by atoms with E-state index in [9.17, 15) is 4.79 Å². The van der Waals surface area contributed by atoms with Crippen LogP contribution in [0.2, 0.25) is 25.7 Å². The smallest absolute Gasteiger partial charge is 0.120 e. The van der Waals surface area contributed by atoms with Gasteiger partial charge in [-0.25, -0.2) is 0 Å². The first kappa shape index (κ1) is 13.7. The van der Waals surface area contributed by atoms with E-state index in [1.165, 1.54) is 24.5 Å². The Morgan fingerprint density at radius 3 is 2.50 bits per heavy atom. The van der Waals surface area contributed by atoms with Gasteiger partial charge in [0.05, 0.1) is 0 Å². The van der Waals surface area contributed by atoms with Gasteiger partial charge in [-0.05, 0) is 36.6 Å². The molecule has 0 bridgehead atoms. The highest BCUT2D eigenvalue weighted by Gasteiger charge is 2.35. The second kappa shape index (κ2) is 5.31. The third kappa shape index (κ3) is 3.58. The normalized spacial score (nSPS) is 30.4. The second-order valence-corrected chi connectivity index (χ2v) is 12.1. The van der Waals surface area contributed by atoms with Gasteiger partial charge in [-0.3, -0.25) is 0 Å². The van der Waals surface area contributed by atoms with E-state index < -0.39 is 8.07 Å². The van der Waals surface area contributed by atoms with E-state index in [2.05, 4.69) is 33.1 Å². The molecule has 0 heterocycles. The van der Waals surface area contributed by atoms with Crippen molar-refractivity contribution < 1.29 is 4.79 Å². The lowest BCUT2D eigenvalue weighted by atomic mass is 9.84. The summed E-state index contributed by atoms with van der Waals surface area (Å²) in [5.74, 6) is 1.89. The molecule has 1 rings (SSSR count). The van der Waals surface area contributed by atoms with E-state index >= 15 is 0 Å². The summed E-state index contributed by atoms with van der Waals surface area (Å²) in [6.07, 6.45) is 4.36. The maximum atomic E-state index is 10.7. The minimum atomic E-state index is -1.05. The lowest BCUT2D eigenvalue weighted by molar-refractivity contribution is -0.109. The summed E-state index contributed by atoms with van der Waals surface area (Å²) in [6.45, 7) is 13.8. The first-order valence-corrected chi connectivity index (χ1v) is 10.2. The predicted octanol–water partition coefficient (Wildman–Crippen LogP) is 4.13. The highest BCUT2D eigenvalue weighted by Crippen LogP contribution is 2.43. The highest BCUT2D eigenvalue weighted by atomic mass is 28.3. The minimum absolute atomic E-state index is 0.571. The molecule has 1 fully saturated rings. The topological polar surface area (TPSA) is 17.1 Å². The number of aldehydes is 1. The Labute approximate surface area is 101 Å². The van der Waals surface area contributed by atoms with Crippen molar-refractivity contribution in [2.24, 2.45) is 17.8 Å². The zero-order valence-corrected chi connectivity index (χ0v) is 12.3. The lowest BCUT2D eigenvalue weighted by Crippen LogP contribution is -2.24. The fraction of sp³-hybridized carbons (Fsp3) is 0.786. The largest absolute Gasteiger partial charge is 0.303 e. The molecule has 16 heavy (non-hydrogen) atoms. The summed E-state index contributed by atoms with van der Waals surface area (Å²) in [6, 6.07) is 1.22. The van der Waals surface area contributed by atoms with E-state index in [0.717, 1.165) is 12.7 Å². The van der Waals surface area contributed by atoms with Crippen molar-refractivity contribution in [2.75, 3.05) is 0 Å². The van der Waals surface area contributed by atoms with Crippen LogP contribution in [-0.4, -0.2) is 14.4 Å². The monoisotopic (exact) mass is 238 g/mol. The molecule has 0 aromatic heterocycles. The number of rotatable bonds is 5. The van der Waals surface area contributed by atoms with Crippen LogP contribution in [0.25, 0.3) is 0 Å². The van der Waals surface area contributed by atoms with Crippen molar-refractivity contribution >= 4 is 14.4 Å². The first-order valence-electron chi connectivity index (χ1n) is 6.46. The summed E-state index contributed by atoms with van der Waals surface area (Å²) in [7, 11) is -1.05. The summed E-state index contributed by atoms with van der Waals surface area (Å²) in [4.78, 5) is 10.7. The second-order valence-electron chi connectivity index (χ2n) is 6.62. The van der Waals surface area contributed by atoms with Crippen molar-refractivity contribution in [2.45, 2.75) is 51.9 Å². The standard InChI is InChI=1S/C14H26OSi/c1-11-6-7-13(14(11)8-9-15)12(2)10-16(3,4)5/h9,11,13-14H,2,6-8,10H2,1,3-5H3/t11-,13+,14-/m0/s1. The number of carbonyl (C=O) groups excluding carboxylic acids is 1. The van der Waals surface area contributed by atoms with Gasteiger partial charge in [0.25, 0.3) is 0 Å². The summed E-state index contributed by atoms with van der Waals surface area (Å²) in [5, 5.41) is 0. The number of hydrogen-bond acceptors (Lipinski definition) is 1. The van der Waals surface area contributed by atoms with Gasteiger partial charge >= 0.3 is 0 Å². The van der Waals surface area contributed by atoms with Gasteiger partial charge < -0.3 is 4.79 Å². The van der Waals surface area contributed by atoms with Crippen LogP contribution < -0.4 is 0 Å². The van der Waals surface area contributed by atoms with E-state index in [4.69, 9.17) is 0 Å². The molecule has 1 nitrogen and oxygen atoms in total. The van der Waals surface area contributed by atoms with E-state index in [1.807, 2.05) is 0 Å². The average molecular weight is 238 g/mol. The van der Waals surface area contributed by atoms with Gasteiger partial charge in [0.15, 0.2) is 0 Å². The Morgan fingerprint density at radius 2 is 2.00 bits per heavy atom. The van der Waals surface area contributed by atoms with Crippen molar-refractivity contribution in [3.63, 3.8) is 0 Å². The molecule has 0 aromatic carbocycles. The highest BCUT2D eigenvalue weighted by molar-refractivity contribution is 6.76. The Hall–Kier alpha value is -0.373. The SMILES string of the molecule is C=C(C[Si](C)(C)C)[C@H]1CC[C@H](C)[C@@H]1CC=O. The fourth-order valence-electron chi connectivity index (χ4n) is 3.09. The molecule has 0 amide bonds. The molecular formula is C14H26OSi. The molecule has 92 valence electrons. The first-order chi connectivity index (χ1) is 7.35. The average Bonchev–Trinajstić information content (AvgIpc) is 2.46. The van der Waals surface area contributed by atoms with Gasteiger partial charge in [0.1, 0.15) is 6.29 Å². The number of hydrogen-bond donors (Lipinski definition) is 0. The van der Waals surface area contributed by atoms with Crippen LogP contribution in [0.1, 0.15) is 26.2 Å². The van der Waals surface area contributed by atoms with Crippen LogP contribution in [0.3, 0.4) is 0 Å². The van der Waals surface area contributed by atoms with Gasteiger partial charge in [-0.2, -0.15) is 0 Å². The molecule has 1 saturated carbocycles. The van der Waals surface area contributed by atoms with E-state index in [-0.39, 0.29) is 0 Å². The quantitative estimate of drug-likeness (QED) is 0.400. The van der Waals surface area contributed by atoms with Crippen LogP contribution >= 0.6 is 0 Å². The van der Waals surface area contributed by atoms with Crippen LogP contribution in [0.5, 0.6) is 0 Å². The van der Waals surface area contributed by atoms with Crippen LogP contribution in [0.4, 0.5) is 0 Å². The molecule has 0 N–H and O–H groups in total. The lowest BCUT2D eigenvalue weighted by Gasteiger charge is -2.26. The van der Waals surface area contributed by atoms with Crippen molar-refractivity contribution in [1.29, 1.82) is 0 Å². The molecule has 1 aliphatic carbocycles. The third-order valence-corrected chi connectivity index (χ3v) is 5.35. The van der Waals surface area contributed by atoms with E-state index in [1.54, 1.807) is 0 Å². The molecule has 0 unspecified atom stereocenters. The van der Waals surface area contributed by atoms with Gasteiger partial charge in [0, 0.05) is 14.5 Å². The Morgan fingerprint density at radius 1 is 1.38 bits per heavy atom. The molecular weight excluding hydrogens is 212 g/mol. The number of carbonyl (C=O) groups is 1. The zero-order chi connectivity index (χ0) is 12.3. The summed E-state index contributed by atoms with van der Waals surface area (Å²) >= 11 is 0. The molecule has 0 aromatic rings. The van der Waals surface area contributed by atoms with Crippen molar-refractivity contribution in [1.82, 2.24) is 0 Å². The van der Waals surface area contributed by atoms with Crippen molar-refractivity contribution in [3.05, 3.63) is 12.2 Å². The molecule has 0 saturated heterocycles. The Bertz CT molecular complexity index is 264. The van der Waals surface area contributed by atoms with Crippen LogP contribution in [0.15, 0.2) is 12.2 Å². The third-order valence-electron chi connectivity index (χ3n) is 3.83. The van der Waals surface area contributed by atoms with Gasteiger partial charge in [-0.1, -0.05) is 38.7 Å². The Kier molecular flexibility index (Phi) is 4.54. The summed E-state index contributed by atoms with van der Waals surface area (Å²) in [5.41, 5.74) is 1.43.